The molecule has 1 aromatic heterocycles. The van der Waals surface area contributed by atoms with Crippen LogP contribution in [0.15, 0.2) is 24.5 Å². The van der Waals surface area contributed by atoms with Crippen LogP contribution in [-0.2, 0) is 6.54 Å². The highest BCUT2D eigenvalue weighted by molar-refractivity contribution is 5.68. The number of nitrogens with zero attached hydrogens (tertiary/aromatic N) is 2. The Morgan fingerprint density at radius 1 is 1.11 bits per heavy atom. The summed E-state index contributed by atoms with van der Waals surface area (Å²) in [6, 6.07) is 4.08. The molecule has 0 unspecified atom stereocenters. The van der Waals surface area contributed by atoms with Gasteiger partial charge in [0.1, 0.15) is 5.75 Å². The molecule has 0 aliphatic rings. The van der Waals surface area contributed by atoms with Gasteiger partial charge in [0.25, 0.3) is 0 Å². The molecule has 4 nitrogen and oxygen atoms in total. The molecule has 2 aromatic rings. The first kappa shape index (κ1) is 12.5. The van der Waals surface area contributed by atoms with Crippen LogP contribution in [0.4, 0.5) is 0 Å². The van der Waals surface area contributed by atoms with Crippen molar-refractivity contribution < 1.29 is 4.74 Å². The molecule has 0 saturated heterocycles. The standard InChI is InChI=1S/C14H17N3O/c1-9-7-13(18-3)10(2)6-11(9)14-12(8-15)16-4-5-17-14/h4-7H,8,15H2,1-3H3. The minimum Gasteiger partial charge on any atom is -0.496 e. The normalized spacial score (nSPS) is 10.4. The highest BCUT2D eigenvalue weighted by Crippen LogP contribution is 2.29. The van der Waals surface area contributed by atoms with Crippen molar-refractivity contribution in [2.75, 3.05) is 7.11 Å². The first-order chi connectivity index (χ1) is 8.67. The molecule has 0 atom stereocenters. The Kier molecular flexibility index (Phi) is 3.58. The van der Waals surface area contributed by atoms with E-state index in [0.29, 0.717) is 6.54 Å². The molecule has 0 radical (unpaired) electrons. The Bertz CT molecular complexity index is 567. The molecule has 0 fully saturated rings. The van der Waals surface area contributed by atoms with Crippen molar-refractivity contribution in [1.29, 1.82) is 0 Å². The maximum Gasteiger partial charge on any atom is 0.122 e. The summed E-state index contributed by atoms with van der Waals surface area (Å²) in [5, 5.41) is 0. The van der Waals surface area contributed by atoms with Crippen molar-refractivity contribution in [3.8, 4) is 17.0 Å². The molecule has 0 bridgehead atoms. The van der Waals surface area contributed by atoms with E-state index in [-0.39, 0.29) is 0 Å². The quantitative estimate of drug-likeness (QED) is 0.898. The van der Waals surface area contributed by atoms with Crippen LogP contribution in [0.3, 0.4) is 0 Å². The highest BCUT2D eigenvalue weighted by atomic mass is 16.5. The Morgan fingerprint density at radius 2 is 1.83 bits per heavy atom. The molecule has 94 valence electrons. The third-order valence-electron chi connectivity index (χ3n) is 2.96. The number of hydrogen-bond donors (Lipinski definition) is 1. The molecule has 2 rings (SSSR count). The van der Waals surface area contributed by atoms with Gasteiger partial charge in [0.2, 0.25) is 0 Å². The first-order valence-electron chi connectivity index (χ1n) is 5.83. The van der Waals surface area contributed by atoms with Gasteiger partial charge in [0.05, 0.1) is 18.5 Å². The largest absolute Gasteiger partial charge is 0.496 e. The zero-order chi connectivity index (χ0) is 13.1. The molecule has 18 heavy (non-hydrogen) atoms. The van der Waals surface area contributed by atoms with Crippen molar-refractivity contribution >= 4 is 0 Å². The number of nitrogens with two attached hydrogens (primary N) is 1. The van der Waals surface area contributed by atoms with Gasteiger partial charge in [0, 0.05) is 24.5 Å². The smallest absolute Gasteiger partial charge is 0.122 e. The summed E-state index contributed by atoms with van der Waals surface area (Å²) in [7, 11) is 1.68. The zero-order valence-corrected chi connectivity index (χ0v) is 10.9. The van der Waals surface area contributed by atoms with Crippen molar-refractivity contribution in [3.63, 3.8) is 0 Å². The SMILES string of the molecule is COc1cc(C)c(-c2nccnc2CN)cc1C. The second-order valence-electron chi connectivity index (χ2n) is 4.19. The predicted octanol–water partition coefficient (Wildman–Crippen LogP) is 2.23. The van der Waals surface area contributed by atoms with Gasteiger partial charge in [0.15, 0.2) is 0 Å². The van der Waals surface area contributed by atoms with E-state index in [0.717, 1.165) is 33.8 Å². The Balaban J connectivity index is 2.61. The molecule has 0 aliphatic heterocycles. The van der Waals surface area contributed by atoms with Crippen LogP contribution in [0.1, 0.15) is 16.8 Å². The summed E-state index contributed by atoms with van der Waals surface area (Å²) < 4.78 is 5.31. The lowest BCUT2D eigenvalue weighted by atomic mass is 10.0. The Hall–Kier alpha value is -1.94. The van der Waals surface area contributed by atoms with Gasteiger partial charge in [-0.15, -0.1) is 0 Å². The van der Waals surface area contributed by atoms with E-state index >= 15 is 0 Å². The van der Waals surface area contributed by atoms with Crippen LogP contribution < -0.4 is 10.5 Å². The van der Waals surface area contributed by atoms with Gasteiger partial charge >= 0.3 is 0 Å². The number of aromatic nitrogens is 2. The summed E-state index contributed by atoms with van der Waals surface area (Å²) in [4.78, 5) is 8.66. The summed E-state index contributed by atoms with van der Waals surface area (Å²) in [6.07, 6.45) is 3.35. The van der Waals surface area contributed by atoms with Crippen LogP contribution in [-0.4, -0.2) is 17.1 Å². The molecule has 0 spiro atoms. The molecule has 1 heterocycles. The van der Waals surface area contributed by atoms with Gasteiger partial charge in [-0.25, -0.2) is 0 Å². The lowest BCUT2D eigenvalue weighted by Crippen LogP contribution is -2.04. The van der Waals surface area contributed by atoms with Crippen LogP contribution in [0.25, 0.3) is 11.3 Å². The number of aryl methyl sites for hydroxylation is 2. The molecular formula is C14H17N3O. The Morgan fingerprint density at radius 3 is 2.50 bits per heavy atom. The van der Waals surface area contributed by atoms with E-state index in [1.54, 1.807) is 19.5 Å². The van der Waals surface area contributed by atoms with E-state index in [9.17, 15) is 0 Å². The average Bonchev–Trinajstić information content (AvgIpc) is 2.41. The predicted molar refractivity (Wildman–Crippen MR) is 71.4 cm³/mol. The fraction of sp³-hybridized carbons (Fsp3) is 0.286. The summed E-state index contributed by atoms with van der Waals surface area (Å²) >= 11 is 0. The maximum absolute atomic E-state index is 5.70. The number of methoxy groups -OCH3 is 1. The monoisotopic (exact) mass is 243 g/mol. The highest BCUT2D eigenvalue weighted by Gasteiger charge is 2.11. The maximum atomic E-state index is 5.70. The lowest BCUT2D eigenvalue weighted by molar-refractivity contribution is 0.411. The fourth-order valence-corrected chi connectivity index (χ4v) is 2.01. The van der Waals surface area contributed by atoms with Crippen LogP contribution >= 0.6 is 0 Å². The molecule has 0 saturated carbocycles. The number of hydrogen-bond acceptors (Lipinski definition) is 4. The lowest BCUT2D eigenvalue weighted by Gasteiger charge is -2.12. The van der Waals surface area contributed by atoms with Crippen molar-refractivity contribution in [2.45, 2.75) is 20.4 Å². The fourth-order valence-electron chi connectivity index (χ4n) is 2.01. The summed E-state index contributed by atoms with van der Waals surface area (Å²) in [5.41, 5.74) is 10.6. The van der Waals surface area contributed by atoms with Gasteiger partial charge in [-0.1, -0.05) is 0 Å². The molecular weight excluding hydrogens is 226 g/mol. The van der Waals surface area contributed by atoms with Gasteiger partial charge < -0.3 is 10.5 Å². The third-order valence-corrected chi connectivity index (χ3v) is 2.96. The van der Waals surface area contributed by atoms with Crippen molar-refractivity contribution in [2.24, 2.45) is 5.73 Å². The van der Waals surface area contributed by atoms with Crippen LogP contribution in [0, 0.1) is 13.8 Å². The van der Waals surface area contributed by atoms with Crippen LogP contribution in [0.2, 0.25) is 0 Å². The summed E-state index contributed by atoms with van der Waals surface area (Å²) in [6.45, 7) is 4.43. The van der Waals surface area contributed by atoms with Gasteiger partial charge in [-0.2, -0.15) is 0 Å². The molecule has 4 heteroatoms. The van der Waals surface area contributed by atoms with Gasteiger partial charge in [-0.3, -0.25) is 9.97 Å². The molecule has 2 N–H and O–H groups in total. The van der Waals surface area contributed by atoms with E-state index in [4.69, 9.17) is 10.5 Å². The minimum atomic E-state index is 0.383. The second kappa shape index (κ2) is 5.14. The molecule has 0 amide bonds. The van der Waals surface area contributed by atoms with Crippen molar-refractivity contribution in [3.05, 3.63) is 41.3 Å². The van der Waals surface area contributed by atoms with Crippen LogP contribution in [0.5, 0.6) is 5.75 Å². The minimum absolute atomic E-state index is 0.383. The van der Waals surface area contributed by atoms with E-state index in [2.05, 4.69) is 16.0 Å². The second-order valence-corrected chi connectivity index (χ2v) is 4.19. The van der Waals surface area contributed by atoms with E-state index in [1.165, 1.54) is 0 Å². The number of benzene rings is 1. The Labute approximate surface area is 107 Å². The molecule has 1 aromatic carbocycles. The van der Waals surface area contributed by atoms with E-state index < -0.39 is 0 Å². The first-order valence-corrected chi connectivity index (χ1v) is 5.83. The third kappa shape index (κ3) is 2.19. The van der Waals surface area contributed by atoms with Crippen molar-refractivity contribution in [1.82, 2.24) is 9.97 Å². The summed E-state index contributed by atoms with van der Waals surface area (Å²) in [5.74, 6) is 0.884. The number of ether oxygens (including phenoxy) is 1. The average molecular weight is 243 g/mol. The zero-order valence-electron chi connectivity index (χ0n) is 10.9. The molecule has 0 aliphatic carbocycles. The topological polar surface area (TPSA) is 61.0 Å². The van der Waals surface area contributed by atoms with E-state index in [1.807, 2.05) is 19.9 Å². The number of rotatable bonds is 3. The van der Waals surface area contributed by atoms with Gasteiger partial charge in [-0.05, 0) is 37.1 Å².